The number of benzene rings is 1. The maximum absolute atomic E-state index is 12.9. The highest BCUT2D eigenvalue weighted by Gasteiger charge is 2.17. The van der Waals surface area contributed by atoms with Crippen LogP contribution in [0.5, 0.6) is 0 Å². The van der Waals surface area contributed by atoms with E-state index in [0.717, 1.165) is 25.2 Å². The molecule has 1 aliphatic heterocycles. The van der Waals surface area contributed by atoms with Gasteiger partial charge in [-0.15, -0.1) is 12.4 Å². The van der Waals surface area contributed by atoms with E-state index >= 15 is 0 Å². The van der Waals surface area contributed by atoms with Gasteiger partial charge in [0, 0.05) is 12.6 Å². The second-order valence-electron chi connectivity index (χ2n) is 3.82. The topological polar surface area (TPSA) is 29.3 Å². The van der Waals surface area contributed by atoms with Crippen LogP contribution in [0.25, 0.3) is 0 Å². The van der Waals surface area contributed by atoms with E-state index in [0.29, 0.717) is 0 Å². The van der Waals surface area contributed by atoms with Crippen LogP contribution in [0.15, 0.2) is 24.3 Å². The Morgan fingerprint density at radius 1 is 1.40 bits per heavy atom. The molecule has 1 atom stereocenters. The van der Waals surface area contributed by atoms with E-state index < -0.39 is 0 Å². The maximum Gasteiger partial charge on any atom is 0.123 e. The Hall–Kier alpha value is -0.640. The summed E-state index contributed by atoms with van der Waals surface area (Å²) in [5, 5.41) is 0. The van der Waals surface area contributed by atoms with Crippen molar-refractivity contribution < 1.29 is 4.39 Å². The molecule has 15 heavy (non-hydrogen) atoms. The maximum atomic E-state index is 12.9. The second-order valence-corrected chi connectivity index (χ2v) is 3.82. The third kappa shape index (κ3) is 3.16. The number of likely N-dealkylation sites (tertiary alicyclic amines) is 1. The summed E-state index contributed by atoms with van der Waals surface area (Å²) in [4.78, 5) is 2.29. The van der Waals surface area contributed by atoms with Gasteiger partial charge in [0.05, 0.1) is 0 Å². The Labute approximate surface area is 95.7 Å². The van der Waals surface area contributed by atoms with Gasteiger partial charge in [-0.25, -0.2) is 4.39 Å². The molecule has 0 amide bonds. The average molecular weight is 231 g/mol. The van der Waals surface area contributed by atoms with Crippen LogP contribution in [0.2, 0.25) is 0 Å². The summed E-state index contributed by atoms with van der Waals surface area (Å²) in [6.45, 7) is 3.09. The van der Waals surface area contributed by atoms with Crippen LogP contribution in [0, 0.1) is 5.82 Å². The van der Waals surface area contributed by atoms with Crippen LogP contribution in [-0.4, -0.2) is 24.5 Å². The highest BCUT2D eigenvalue weighted by Crippen LogP contribution is 2.16. The predicted octanol–water partition coefficient (Wildman–Crippen LogP) is 1.95. The number of nitrogens with zero attached hydrogens (tertiary/aromatic N) is 1. The number of halogens is 2. The third-order valence-corrected chi connectivity index (χ3v) is 2.68. The lowest BCUT2D eigenvalue weighted by atomic mass is 10.1. The standard InChI is InChI=1S/C11H15FN2.ClH/c12-10-4-1-3-9(7-10)11(13)8-14-5-2-6-14;/h1,3-4,7,11H,2,5-6,8,13H2;1H/t11-;/m1./s1. The molecule has 0 aliphatic carbocycles. The van der Waals surface area contributed by atoms with E-state index in [1.165, 1.54) is 18.6 Å². The monoisotopic (exact) mass is 230 g/mol. The summed E-state index contributed by atoms with van der Waals surface area (Å²) in [6, 6.07) is 6.49. The first-order valence-electron chi connectivity index (χ1n) is 4.99. The Balaban J connectivity index is 0.00000112. The minimum absolute atomic E-state index is 0. The number of nitrogens with two attached hydrogens (primary N) is 1. The van der Waals surface area contributed by atoms with Crippen molar-refractivity contribution in [2.24, 2.45) is 5.73 Å². The molecule has 1 fully saturated rings. The Kier molecular flexibility index (Phi) is 4.51. The van der Waals surface area contributed by atoms with Crippen molar-refractivity contribution in [3.05, 3.63) is 35.6 Å². The summed E-state index contributed by atoms with van der Waals surface area (Å²) in [5.41, 5.74) is 6.85. The fourth-order valence-corrected chi connectivity index (χ4v) is 1.69. The number of rotatable bonds is 3. The molecule has 1 aromatic rings. The van der Waals surface area contributed by atoms with Gasteiger partial charge >= 0.3 is 0 Å². The quantitative estimate of drug-likeness (QED) is 0.860. The summed E-state index contributed by atoms with van der Waals surface area (Å²) in [5.74, 6) is -0.207. The van der Waals surface area contributed by atoms with Gasteiger partial charge in [0.2, 0.25) is 0 Å². The number of hydrogen-bond acceptors (Lipinski definition) is 2. The van der Waals surface area contributed by atoms with E-state index in [-0.39, 0.29) is 24.3 Å². The largest absolute Gasteiger partial charge is 0.323 e. The molecule has 0 unspecified atom stereocenters. The molecule has 1 heterocycles. The van der Waals surface area contributed by atoms with Gasteiger partial charge < -0.3 is 10.6 Å². The van der Waals surface area contributed by atoms with E-state index in [2.05, 4.69) is 4.90 Å². The molecule has 2 rings (SSSR count). The molecule has 2 N–H and O–H groups in total. The van der Waals surface area contributed by atoms with Gasteiger partial charge in [-0.3, -0.25) is 0 Å². The van der Waals surface area contributed by atoms with Crippen LogP contribution in [0.4, 0.5) is 4.39 Å². The van der Waals surface area contributed by atoms with Gasteiger partial charge in [-0.1, -0.05) is 12.1 Å². The average Bonchev–Trinajstić information content (AvgIpc) is 2.11. The molecule has 1 aliphatic rings. The highest BCUT2D eigenvalue weighted by molar-refractivity contribution is 5.85. The van der Waals surface area contributed by atoms with Gasteiger partial charge in [-0.05, 0) is 37.2 Å². The fourth-order valence-electron chi connectivity index (χ4n) is 1.69. The minimum Gasteiger partial charge on any atom is -0.323 e. The van der Waals surface area contributed by atoms with Gasteiger partial charge in [0.15, 0.2) is 0 Å². The van der Waals surface area contributed by atoms with Crippen molar-refractivity contribution in [2.45, 2.75) is 12.5 Å². The summed E-state index contributed by atoms with van der Waals surface area (Å²) in [7, 11) is 0. The SMILES string of the molecule is Cl.N[C@H](CN1CCC1)c1cccc(F)c1. The van der Waals surface area contributed by atoms with Crippen molar-refractivity contribution in [3.63, 3.8) is 0 Å². The van der Waals surface area contributed by atoms with Crippen molar-refractivity contribution in [3.8, 4) is 0 Å². The van der Waals surface area contributed by atoms with Crippen LogP contribution in [0.1, 0.15) is 18.0 Å². The smallest absolute Gasteiger partial charge is 0.123 e. The predicted molar refractivity (Wildman–Crippen MR) is 61.6 cm³/mol. The molecule has 0 spiro atoms. The van der Waals surface area contributed by atoms with Gasteiger partial charge in [0.25, 0.3) is 0 Å². The number of hydrogen-bond donors (Lipinski definition) is 1. The first kappa shape index (κ1) is 12.4. The molecule has 2 nitrogen and oxygen atoms in total. The lowest BCUT2D eigenvalue weighted by molar-refractivity contribution is 0.170. The van der Waals surface area contributed by atoms with E-state index in [9.17, 15) is 4.39 Å². The van der Waals surface area contributed by atoms with Crippen LogP contribution >= 0.6 is 12.4 Å². The molecular weight excluding hydrogens is 215 g/mol. The van der Waals surface area contributed by atoms with Gasteiger partial charge in [-0.2, -0.15) is 0 Å². The Morgan fingerprint density at radius 2 is 2.13 bits per heavy atom. The van der Waals surface area contributed by atoms with Crippen molar-refractivity contribution in [2.75, 3.05) is 19.6 Å². The van der Waals surface area contributed by atoms with Crippen molar-refractivity contribution >= 4 is 12.4 Å². The molecule has 0 saturated carbocycles. The summed E-state index contributed by atoms with van der Waals surface area (Å²) in [6.07, 6.45) is 1.26. The van der Waals surface area contributed by atoms with Crippen LogP contribution < -0.4 is 5.73 Å². The molecule has 0 aromatic heterocycles. The molecule has 4 heteroatoms. The minimum atomic E-state index is -0.207. The summed E-state index contributed by atoms with van der Waals surface area (Å²) < 4.78 is 12.9. The zero-order chi connectivity index (χ0) is 9.97. The summed E-state index contributed by atoms with van der Waals surface area (Å²) >= 11 is 0. The lowest BCUT2D eigenvalue weighted by Crippen LogP contribution is -2.41. The van der Waals surface area contributed by atoms with Crippen molar-refractivity contribution in [1.29, 1.82) is 0 Å². The van der Waals surface area contributed by atoms with Gasteiger partial charge in [0.1, 0.15) is 5.82 Å². The molecule has 1 saturated heterocycles. The molecular formula is C11H16ClFN2. The highest BCUT2D eigenvalue weighted by atomic mass is 35.5. The zero-order valence-electron chi connectivity index (χ0n) is 8.53. The van der Waals surface area contributed by atoms with Crippen LogP contribution in [0.3, 0.4) is 0 Å². The molecule has 1 aromatic carbocycles. The van der Waals surface area contributed by atoms with Crippen molar-refractivity contribution in [1.82, 2.24) is 4.90 Å². The third-order valence-electron chi connectivity index (χ3n) is 2.68. The first-order valence-corrected chi connectivity index (χ1v) is 4.99. The normalized spacial score (nSPS) is 17.7. The van der Waals surface area contributed by atoms with E-state index in [4.69, 9.17) is 5.73 Å². The van der Waals surface area contributed by atoms with E-state index in [1.54, 1.807) is 6.07 Å². The first-order chi connectivity index (χ1) is 6.75. The van der Waals surface area contributed by atoms with Crippen LogP contribution in [-0.2, 0) is 0 Å². The lowest BCUT2D eigenvalue weighted by Gasteiger charge is -2.33. The Bertz CT molecular complexity index is 315. The molecule has 0 bridgehead atoms. The van der Waals surface area contributed by atoms with E-state index in [1.807, 2.05) is 6.07 Å². The second kappa shape index (κ2) is 5.45. The molecule has 84 valence electrons. The fraction of sp³-hybridized carbons (Fsp3) is 0.455. The zero-order valence-corrected chi connectivity index (χ0v) is 9.34. The Morgan fingerprint density at radius 3 is 2.67 bits per heavy atom. The molecule has 0 radical (unpaired) electrons.